The highest BCUT2D eigenvalue weighted by molar-refractivity contribution is 5.85. The largest absolute Gasteiger partial charge is 0.336 e. The van der Waals surface area contributed by atoms with Crippen LogP contribution in [0.4, 0.5) is 0 Å². The summed E-state index contributed by atoms with van der Waals surface area (Å²) in [4.78, 5) is 14.9. The van der Waals surface area contributed by atoms with Gasteiger partial charge in [-0.15, -0.1) is 0 Å². The second-order valence-corrected chi connectivity index (χ2v) is 8.76. The molecule has 0 bridgehead atoms. The first-order chi connectivity index (χ1) is 12.1. The molecule has 3 fully saturated rings. The molecular weight excluding hydrogens is 310 g/mol. The molecule has 1 N–H and O–H groups in total. The summed E-state index contributed by atoms with van der Waals surface area (Å²) in [5.41, 5.74) is -0.677. The first-order valence-electron chi connectivity index (χ1n) is 10.4. The van der Waals surface area contributed by atoms with E-state index >= 15 is 0 Å². The Bertz CT molecular complexity index is 486. The molecule has 3 rings (SSSR count). The zero-order valence-corrected chi connectivity index (χ0v) is 15.8. The SMILES string of the molecule is C[C@H]1CC[C@H](N2CCC(C#N)(NC(=O)[CH]CC3CCCCC3)C2)CC1. The van der Waals surface area contributed by atoms with Gasteiger partial charge in [-0.25, -0.2) is 0 Å². The zero-order valence-electron chi connectivity index (χ0n) is 15.8. The highest BCUT2D eigenvalue weighted by Gasteiger charge is 2.42. The van der Waals surface area contributed by atoms with Crippen molar-refractivity contribution in [3.05, 3.63) is 6.42 Å². The van der Waals surface area contributed by atoms with E-state index in [1.165, 1.54) is 57.8 Å². The van der Waals surface area contributed by atoms with Gasteiger partial charge in [-0.2, -0.15) is 5.26 Å². The minimum atomic E-state index is -0.677. The first-order valence-corrected chi connectivity index (χ1v) is 10.4. The van der Waals surface area contributed by atoms with Crippen LogP contribution in [-0.2, 0) is 4.79 Å². The number of carbonyl (C=O) groups is 1. The van der Waals surface area contributed by atoms with Crippen LogP contribution < -0.4 is 5.32 Å². The molecule has 3 aliphatic rings. The smallest absolute Gasteiger partial charge is 0.225 e. The van der Waals surface area contributed by atoms with Gasteiger partial charge in [0.1, 0.15) is 5.54 Å². The van der Waals surface area contributed by atoms with Gasteiger partial charge in [-0.1, -0.05) is 39.0 Å². The molecule has 1 saturated heterocycles. The molecule has 1 unspecified atom stereocenters. The van der Waals surface area contributed by atoms with E-state index in [-0.39, 0.29) is 5.91 Å². The fourth-order valence-electron chi connectivity index (χ4n) is 4.96. The summed E-state index contributed by atoms with van der Waals surface area (Å²) in [5, 5.41) is 12.8. The minimum absolute atomic E-state index is 0.0359. The van der Waals surface area contributed by atoms with Gasteiger partial charge in [0.15, 0.2) is 0 Å². The van der Waals surface area contributed by atoms with Crippen LogP contribution in [0.25, 0.3) is 0 Å². The standard InChI is InChI=1S/C21H34N3O/c1-17-7-10-19(11-8-17)24-14-13-21(15-22,16-24)23-20(25)12-9-18-5-3-2-4-6-18/h12,17-19H,2-11,13-14,16H2,1H3,(H,23,25)/t17-,19-,21?. The van der Waals surface area contributed by atoms with Crippen LogP contribution in [0, 0.1) is 29.6 Å². The summed E-state index contributed by atoms with van der Waals surface area (Å²) in [7, 11) is 0. The lowest BCUT2D eigenvalue weighted by molar-refractivity contribution is -0.119. The van der Waals surface area contributed by atoms with Crippen LogP contribution in [0.5, 0.6) is 0 Å². The summed E-state index contributed by atoms with van der Waals surface area (Å²) < 4.78 is 0. The van der Waals surface area contributed by atoms with E-state index in [0.29, 0.717) is 18.5 Å². The Kier molecular flexibility index (Phi) is 6.39. The molecule has 0 spiro atoms. The quantitative estimate of drug-likeness (QED) is 0.825. The van der Waals surface area contributed by atoms with E-state index in [0.717, 1.165) is 25.3 Å². The van der Waals surface area contributed by atoms with Gasteiger partial charge in [0.2, 0.25) is 5.91 Å². The van der Waals surface area contributed by atoms with Gasteiger partial charge in [0, 0.05) is 25.6 Å². The molecule has 0 aromatic heterocycles. The molecule has 4 nitrogen and oxygen atoms in total. The summed E-state index contributed by atoms with van der Waals surface area (Å²) >= 11 is 0. The Morgan fingerprint density at radius 1 is 1.20 bits per heavy atom. The summed E-state index contributed by atoms with van der Waals surface area (Å²) in [6.45, 7) is 3.98. The number of hydrogen-bond acceptors (Lipinski definition) is 3. The summed E-state index contributed by atoms with van der Waals surface area (Å²) in [5.74, 6) is 1.47. The average Bonchev–Trinajstić information content (AvgIpc) is 3.06. The zero-order chi connectivity index (χ0) is 17.7. The Hall–Kier alpha value is -1.08. The van der Waals surface area contributed by atoms with Gasteiger partial charge in [-0.05, 0) is 50.4 Å². The Balaban J connectivity index is 1.46. The third kappa shape index (κ3) is 4.97. The second-order valence-electron chi connectivity index (χ2n) is 8.76. The lowest BCUT2D eigenvalue weighted by Crippen LogP contribution is -2.50. The maximum absolute atomic E-state index is 12.4. The van der Waals surface area contributed by atoms with Crippen LogP contribution in [0.2, 0.25) is 0 Å². The number of nitrogens with zero attached hydrogens (tertiary/aromatic N) is 2. The van der Waals surface area contributed by atoms with Crippen molar-refractivity contribution >= 4 is 5.91 Å². The van der Waals surface area contributed by atoms with E-state index in [1.54, 1.807) is 6.42 Å². The van der Waals surface area contributed by atoms with Crippen molar-refractivity contribution < 1.29 is 4.79 Å². The molecule has 2 aliphatic carbocycles. The topological polar surface area (TPSA) is 56.1 Å². The van der Waals surface area contributed by atoms with Gasteiger partial charge in [0.05, 0.1) is 6.07 Å². The maximum atomic E-state index is 12.4. The summed E-state index contributed by atoms with van der Waals surface area (Å²) in [6.07, 6.45) is 15.0. The van der Waals surface area contributed by atoms with Crippen molar-refractivity contribution in [2.24, 2.45) is 11.8 Å². The third-order valence-electron chi connectivity index (χ3n) is 6.74. The average molecular weight is 345 g/mol. The molecule has 1 aliphatic heterocycles. The monoisotopic (exact) mass is 344 g/mol. The van der Waals surface area contributed by atoms with Crippen LogP contribution in [0.3, 0.4) is 0 Å². The van der Waals surface area contributed by atoms with E-state index in [2.05, 4.69) is 23.2 Å². The number of rotatable bonds is 5. The number of likely N-dealkylation sites (tertiary alicyclic amines) is 1. The van der Waals surface area contributed by atoms with E-state index < -0.39 is 5.54 Å². The van der Waals surface area contributed by atoms with Gasteiger partial charge in [-0.3, -0.25) is 9.69 Å². The van der Waals surface area contributed by atoms with Crippen LogP contribution in [-0.4, -0.2) is 35.5 Å². The summed E-state index contributed by atoms with van der Waals surface area (Å²) in [6, 6.07) is 3.04. The lowest BCUT2D eigenvalue weighted by atomic mass is 9.86. The maximum Gasteiger partial charge on any atom is 0.225 e. The Morgan fingerprint density at radius 3 is 2.60 bits per heavy atom. The van der Waals surface area contributed by atoms with Crippen molar-refractivity contribution in [1.82, 2.24) is 10.2 Å². The molecule has 25 heavy (non-hydrogen) atoms. The van der Waals surface area contributed by atoms with Crippen LogP contribution in [0.15, 0.2) is 0 Å². The van der Waals surface area contributed by atoms with Crippen molar-refractivity contribution in [1.29, 1.82) is 5.26 Å². The number of hydrogen-bond donors (Lipinski definition) is 1. The van der Waals surface area contributed by atoms with Crippen molar-refractivity contribution in [2.45, 2.75) is 89.1 Å². The molecule has 2 saturated carbocycles. The molecule has 0 aromatic carbocycles. The molecule has 1 amide bonds. The highest BCUT2D eigenvalue weighted by Crippen LogP contribution is 2.32. The Morgan fingerprint density at radius 2 is 1.92 bits per heavy atom. The fraction of sp³-hybridized carbons (Fsp3) is 0.857. The minimum Gasteiger partial charge on any atom is -0.336 e. The number of nitrogens with one attached hydrogen (secondary N) is 1. The van der Waals surface area contributed by atoms with E-state index in [4.69, 9.17) is 0 Å². The number of amides is 1. The predicted octanol–water partition coefficient (Wildman–Crippen LogP) is 3.82. The highest BCUT2D eigenvalue weighted by atomic mass is 16.1. The molecule has 1 heterocycles. The second kappa shape index (κ2) is 8.54. The van der Waals surface area contributed by atoms with Crippen molar-refractivity contribution in [2.75, 3.05) is 13.1 Å². The lowest BCUT2D eigenvalue weighted by Gasteiger charge is -2.34. The van der Waals surface area contributed by atoms with Gasteiger partial charge in [0.25, 0.3) is 0 Å². The van der Waals surface area contributed by atoms with Crippen molar-refractivity contribution in [3.63, 3.8) is 0 Å². The first kappa shape index (κ1) is 18.7. The van der Waals surface area contributed by atoms with Gasteiger partial charge < -0.3 is 5.32 Å². The molecule has 0 aromatic rings. The molecular formula is C21H34N3O. The number of nitriles is 1. The normalized spacial score (nSPS) is 34.6. The molecule has 4 heteroatoms. The van der Waals surface area contributed by atoms with E-state index in [1.807, 2.05) is 0 Å². The van der Waals surface area contributed by atoms with Crippen molar-refractivity contribution in [3.8, 4) is 6.07 Å². The third-order valence-corrected chi connectivity index (χ3v) is 6.74. The predicted molar refractivity (Wildman–Crippen MR) is 99.6 cm³/mol. The van der Waals surface area contributed by atoms with Gasteiger partial charge >= 0.3 is 0 Å². The molecule has 1 atom stereocenters. The van der Waals surface area contributed by atoms with Crippen LogP contribution >= 0.6 is 0 Å². The van der Waals surface area contributed by atoms with Crippen LogP contribution in [0.1, 0.15) is 77.6 Å². The fourth-order valence-corrected chi connectivity index (χ4v) is 4.96. The molecule has 1 radical (unpaired) electrons. The number of carbonyl (C=O) groups excluding carboxylic acids is 1. The van der Waals surface area contributed by atoms with E-state index in [9.17, 15) is 10.1 Å². The Labute approximate surface area is 153 Å². The molecule has 139 valence electrons.